The molecule has 0 aromatic heterocycles. The summed E-state index contributed by atoms with van der Waals surface area (Å²) in [5, 5.41) is 2.10. The molecule has 2 aromatic rings. The molecule has 0 aliphatic heterocycles. The third-order valence-corrected chi connectivity index (χ3v) is 2.57. The first-order valence-corrected chi connectivity index (χ1v) is 5.92. The lowest BCUT2D eigenvalue weighted by molar-refractivity contribution is -0.142. The predicted octanol–water partition coefficient (Wildman–Crippen LogP) is 2.26. The molecule has 0 bridgehead atoms. The zero-order chi connectivity index (χ0) is 13.5. The zero-order valence-electron chi connectivity index (χ0n) is 10.3. The van der Waals surface area contributed by atoms with E-state index in [9.17, 15) is 9.59 Å². The van der Waals surface area contributed by atoms with Crippen molar-refractivity contribution in [3.8, 4) is 5.75 Å². The van der Waals surface area contributed by atoms with E-state index in [1.54, 1.807) is 0 Å². The standard InChI is InChI=1S/C15H13O4/c16-9-8-15(17)19-11-10-18-14-7-3-5-12-4-1-2-6-13(12)14/h1-7H,8,10-11H2. The molecule has 4 heteroatoms. The van der Waals surface area contributed by atoms with Crippen LogP contribution in [0, 0.1) is 0 Å². The molecule has 0 heterocycles. The Morgan fingerprint density at radius 1 is 1.05 bits per heavy atom. The van der Waals surface area contributed by atoms with Crippen LogP contribution in [0.15, 0.2) is 42.5 Å². The number of carbonyl (C=O) groups is 1. The predicted molar refractivity (Wildman–Crippen MR) is 70.7 cm³/mol. The van der Waals surface area contributed by atoms with E-state index in [1.165, 1.54) is 6.29 Å². The van der Waals surface area contributed by atoms with Gasteiger partial charge in [0.25, 0.3) is 0 Å². The summed E-state index contributed by atoms with van der Waals surface area (Å²) in [4.78, 5) is 20.9. The van der Waals surface area contributed by atoms with Crippen molar-refractivity contribution in [2.24, 2.45) is 0 Å². The Bertz CT molecular complexity index is 572. The maximum atomic E-state index is 10.9. The third kappa shape index (κ3) is 3.55. The summed E-state index contributed by atoms with van der Waals surface area (Å²) in [6.45, 7) is 0.363. The molecule has 0 aliphatic rings. The Morgan fingerprint density at radius 2 is 1.84 bits per heavy atom. The fraction of sp³-hybridized carbons (Fsp3) is 0.200. The molecule has 4 nitrogen and oxygen atoms in total. The van der Waals surface area contributed by atoms with E-state index in [1.807, 2.05) is 42.5 Å². The molecule has 2 rings (SSSR count). The van der Waals surface area contributed by atoms with Crippen LogP contribution in [0.2, 0.25) is 0 Å². The van der Waals surface area contributed by atoms with Gasteiger partial charge in [-0.05, 0) is 11.5 Å². The number of carbonyl (C=O) groups excluding carboxylic acids is 2. The number of hydrogen-bond acceptors (Lipinski definition) is 4. The van der Waals surface area contributed by atoms with Gasteiger partial charge in [-0.1, -0.05) is 36.4 Å². The van der Waals surface area contributed by atoms with Gasteiger partial charge in [-0.15, -0.1) is 0 Å². The summed E-state index contributed by atoms with van der Waals surface area (Å²) in [5.41, 5.74) is 0. The molecule has 0 saturated carbocycles. The molecule has 0 spiro atoms. The van der Waals surface area contributed by atoms with Crippen molar-refractivity contribution in [3.05, 3.63) is 42.5 Å². The van der Waals surface area contributed by atoms with Crippen LogP contribution in [-0.4, -0.2) is 25.5 Å². The first-order chi connectivity index (χ1) is 9.31. The van der Waals surface area contributed by atoms with Gasteiger partial charge in [-0.25, -0.2) is 0 Å². The van der Waals surface area contributed by atoms with E-state index in [-0.39, 0.29) is 19.6 Å². The van der Waals surface area contributed by atoms with Crippen molar-refractivity contribution in [1.82, 2.24) is 0 Å². The van der Waals surface area contributed by atoms with E-state index in [2.05, 4.69) is 0 Å². The minimum absolute atomic E-state index is 0.115. The molecule has 2 aromatic carbocycles. The number of ether oxygens (including phenoxy) is 2. The number of benzene rings is 2. The molecular weight excluding hydrogens is 244 g/mol. The summed E-state index contributed by atoms with van der Waals surface area (Å²) in [6.07, 6.45) is 1.15. The van der Waals surface area contributed by atoms with Crippen LogP contribution in [-0.2, 0) is 14.3 Å². The number of fused-ring (bicyclic) bond motifs is 1. The first kappa shape index (κ1) is 13.1. The Hall–Kier alpha value is -2.36. The fourth-order valence-electron chi connectivity index (χ4n) is 1.74. The fourth-order valence-corrected chi connectivity index (χ4v) is 1.74. The molecule has 0 atom stereocenters. The minimum atomic E-state index is -0.587. The highest BCUT2D eigenvalue weighted by atomic mass is 16.6. The van der Waals surface area contributed by atoms with Gasteiger partial charge in [0.05, 0.1) is 0 Å². The van der Waals surface area contributed by atoms with E-state index < -0.39 is 5.97 Å². The van der Waals surface area contributed by atoms with Gasteiger partial charge < -0.3 is 9.47 Å². The molecule has 0 fully saturated rings. The monoisotopic (exact) mass is 257 g/mol. The highest BCUT2D eigenvalue weighted by Crippen LogP contribution is 2.24. The van der Waals surface area contributed by atoms with Gasteiger partial charge in [0.15, 0.2) is 0 Å². The van der Waals surface area contributed by atoms with Crippen molar-refractivity contribution >= 4 is 23.0 Å². The molecule has 1 radical (unpaired) electrons. The van der Waals surface area contributed by atoms with Crippen molar-refractivity contribution < 1.29 is 19.1 Å². The average molecular weight is 257 g/mol. The van der Waals surface area contributed by atoms with Gasteiger partial charge in [0.2, 0.25) is 6.29 Å². The quantitative estimate of drug-likeness (QED) is 0.452. The largest absolute Gasteiger partial charge is 0.489 e. The molecule has 19 heavy (non-hydrogen) atoms. The Morgan fingerprint density at radius 3 is 2.68 bits per heavy atom. The summed E-state index contributed by atoms with van der Waals surface area (Å²) >= 11 is 0. The Labute approximate surface area is 110 Å². The second-order valence-corrected chi connectivity index (χ2v) is 3.87. The van der Waals surface area contributed by atoms with E-state index >= 15 is 0 Å². The SMILES string of the molecule is O=[C]CC(=O)OCCOc1cccc2ccccc12. The molecule has 0 unspecified atom stereocenters. The second-order valence-electron chi connectivity index (χ2n) is 3.87. The highest BCUT2D eigenvalue weighted by Gasteiger charge is 2.03. The first-order valence-electron chi connectivity index (χ1n) is 5.92. The smallest absolute Gasteiger partial charge is 0.313 e. The second kappa shape index (κ2) is 6.54. The van der Waals surface area contributed by atoms with Crippen LogP contribution in [0.25, 0.3) is 10.8 Å². The lowest BCUT2D eigenvalue weighted by Gasteiger charge is -2.09. The Kier molecular flexibility index (Phi) is 4.50. The third-order valence-electron chi connectivity index (χ3n) is 2.57. The molecule has 0 N–H and O–H groups in total. The lowest BCUT2D eigenvalue weighted by atomic mass is 10.1. The highest BCUT2D eigenvalue weighted by molar-refractivity contribution is 5.88. The van der Waals surface area contributed by atoms with Crippen molar-refractivity contribution in [2.75, 3.05) is 13.2 Å². The molecule has 97 valence electrons. The summed E-state index contributed by atoms with van der Waals surface area (Å²) < 4.78 is 10.4. The van der Waals surface area contributed by atoms with Crippen LogP contribution in [0.1, 0.15) is 6.42 Å². The lowest BCUT2D eigenvalue weighted by Crippen LogP contribution is -2.12. The summed E-state index contributed by atoms with van der Waals surface area (Å²) in [5.74, 6) is 0.160. The molecule has 0 saturated heterocycles. The summed E-state index contributed by atoms with van der Waals surface area (Å²) in [6, 6.07) is 13.6. The molecular formula is C15H13O4. The van der Waals surface area contributed by atoms with Gasteiger partial charge >= 0.3 is 5.97 Å². The van der Waals surface area contributed by atoms with Crippen LogP contribution in [0.3, 0.4) is 0 Å². The van der Waals surface area contributed by atoms with Crippen LogP contribution < -0.4 is 4.74 Å². The zero-order valence-corrected chi connectivity index (χ0v) is 10.3. The van der Waals surface area contributed by atoms with Gasteiger partial charge in [-0.3, -0.25) is 9.59 Å². The maximum absolute atomic E-state index is 10.9. The van der Waals surface area contributed by atoms with E-state index in [0.29, 0.717) is 0 Å². The number of rotatable bonds is 6. The molecule has 0 amide bonds. The van der Waals surface area contributed by atoms with Gasteiger partial charge in [0, 0.05) is 5.39 Å². The topological polar surface area (TPSA) is 52.6 Å². The van der Waals surface area contributed by atoms with E-state index in [4.69, 9.17) is 9.47 Å². The van der Waals surface area contributed by atoms with Crippen LogP contribution in [0.4, 0.5) is 0 Å². The number of hydrogen-bond donors (Lipinski definition) is 0. The van der Waals surface area contributed by atoms with Crippen LogP contribution in [0.5, 0.6) is 5.75 Å². The summed E-state index contributed by atoms with van der Waals surface area (Å²) in [7, 11) is 0. The average Bonchev–Trinajstić information content (AvgIpc) is 2.44. The van der Waals surface area contributed by atoms with Gasteiger partial charge in [-0.2, -0.15) is 0 Å². The number of esters is 1. The normalized spacial score (nSPS) is 10.1. The van der Waals surface area contributed by atoms with Crippen molar-refractivity contribution in [2.45, 2.75) is 6.42 Å². The van der Waals surface area contributed by atoms with Crippen molar-refractivity contribution in [3.63, 3.8) is 0 Å². The maximum Gasteiger partial charge on any atom is 0.313 e. The Balaban J connectivity index is 1.91. The minimum Gasteiger partial charge on any atom is -0.489 e. The van der Waals surface area contributed by atoms with Crippen LogP contribution >= 0.6 is 0 Å². The van der Waals surface area contributed by atoms with Gasteiger partial charge in [0.1, 0.15) is 25.4 Å². The van der Waals surface area contributed by atoms with Crippen molar-refractivity contribution in [1.29, 1.82) is 0 Å². The molecule has 0 aliphatic carbocycles. The van der Waals surface area contributed by atoms with E-state index in [0.717, 1.165) is 16.5 Å².